The number of fused-ring (bicyclic) bond motifs is 1. The predicted molar refractivity (Wildman–Crippen MR) is 34.0 cm³/mol. The third-order valence-corrected chi connectivity index (χ3v) is 1.22. The van der Waals surface area contributed by atoms with Gasteiger partial charge in [0.05, 0.1) is 6.20 Å². The summed E-state index contributed by atoms with van der Waals surface area (Å²) in [6, 6.07) is 5.67. The first-order valence-corrected chi connectivity index (χ1v) is 2.76. The average Bonchev–Trinajstić information content (AvgIpc) is 2.33. The van der Waals surface area contributed by atoms with Crippen LogP contribution in [0.5, 0.6) is 0 Å². The molecule has 0 amide bonds. The first-order valence-electron chi connectivity index (χ1n) is 2.76. The van der Waals surface area contributed by atoms with Crippen molar-refractivity contribution >= 4 is 5.65 Å². The van der Waals surface area contributed by atoms with E-state index >= 15 is 0 Å². The summed E-state index contributed by atoms with van der Waals surface area (Å²) in [7, 11) is 0. The Hall–Kier alpha value is -1.31. The van der Waals surface area contributed by atoms with Gasteiger partial charge < -0.3 is 0 Å². The Morgan fingerprint density at radius 2 is 2.56 bits per heavy atom. The Kier molecular flexibility index (Phi) is 0.803. The fourth-order valence-corrected chi connectivity index (χ4v) is 0.814. The lowest BCUT2D eigenvalue weighted by molar-refractivity contribution is 1.12. The normalized spacial score (nSPS) is 10.2. The molecule has 2 aromatic rings. The molecule has 0 aliphatic carbocycles. The van der Waals surface area contributed by atoms with E-state index in [9.17, 15) is 0 Å². The van der Waals surface area contributed by atoms with Crippen LogP contribution < -0.4 is 0 Å². The van der Waals surface area contributed by atoms with Gasteiger partial charge in [-0.15, -0.1) is 0 Å². The van der Waals surface area contributed by atoms with Gasteiger partial charge in [0, 0.05) is 12.4 Å². The van der Waals surface area contributed by atoms with Crippen LogP contribution in [0.3, 0.4) is 0 Å². The van der Waals surface area contributed by atoms with Crippen molar-refractivity contribution in [2.45, 2.75) is 0 Å². The molecule has 0 unspecified atom stereocenters. The molecule has 2 nitrogen and oxygen atoms in total. The minimum absolute atomic E-state index is 0.942. The summed E-state index contributed by atoms with van der Waals surface area (Å²) in [4.78, 5) is 4.07. The molecule has 43 valence electrons. The maximum Gasteiger partial charge on any atom is 0.137 e. The van der Waals surface area contributed by atoms with Crippen LogP contribution in [-0.4, -0.2) is 9.38 Å². The highest BCUT2D eigenvalue weighted by Crippen LogP contribution is 1.96. The molecule has 2 heterocycles. The lowest BCUT2D eigenvalue weighted by Gasteiger charge is -1.86. The molecule has 0 saturated carbocycles. The van der Waals surface area contributed by atoms with Gasteiger partial charge in [0.2, 0.25) is 0 Å². The standard InChI is InChI=1S/C7H5N2/c1-3-7-8-4-2-6-9(7)5-1/h1-5H. The first kappa shape index (κ1) is 4.56. The van der Waals surface area contributed by atoms with E-state index in [1.165, 1.54) is 0 Å². The maximum atomic E-state index is 4.07. The second-order valence-corrected chi connectivity index (χ2v) is 1.81. The molecule has 0 N–H and O–H groups in total. The Balaban J connectivity index is 2.95. The third-order valence-electron chi connectivity index (χ3n) is 1.22. The SMILES string of the molecule is [c]1ccnc2cccn12. The van der Waals surface area contributed by atoms with E-state index < -0.39 is 0 Å². The van der Waals surface area contributed by atoms with Gasteiger partial charge in [-0.3, -0.25) is 4.40 Å². The number of hydrogen-bond donors (Lipinski definition) is 0. The zero-order chi connectivity index (χ0) is 6.10. The first-order chi connectivity index (χ1) is 4.47. The summed E-state index contributed by atoms with van der Waals surface area (Å²) in [6.45, 7) is 0. The molecule has 0 spiro atoms. The van der Waals surface area contributed by atoms with Gasteiger partial charge in [0.1, 0.15) is 5.65 Å². The summed E-state index contributed by atoms with van der Waals surface area (Å²) >= 11 is 0. The lowest BCUT2D eigenvalue weighted by atomic mass is 10.6. The van der Waals surface area contributed by atoms with E-state index in [4.69, 9.17) is 0 Å². The Labute approximate surface area is 52.8 Å². The molecule has 2 heteroatoms. The van der Waals surface area contributed by atoms with Gasteiger partial charge >= 0.3 is 0 Å². The minimum Gasteiger partial charge on any atom is -0.300 e. The molecule has 0 aliphatic heterocycles. The van der Waals surface area contributed by atoms with Crippen molar-refractivity contribution in [3.63, 3.8) is 0 Å². The monoisotopic (exact) mass is 117 g/mol. The smallest absolute Gasteiger partial charge is 0.137 e. The van der Waals surface area contributed by atoms with Crippen LogP contribution in [0.25, 0.3) is 5.65 Å². The zero-order valence-corrected chi connectivity index (χ0v) is 4.78. The molecule has 0 aromatic carbocycles. The highest BCUT2D eigenvalue weighted by Gasteiger charge is 1.86. The molecule has 0 atom stereocenters. The average molecular weight is 117 g/mol. The summed E-state index contributed by atoms with van der Waals surface area (Å²) in [5.41, 5.74) is 0.942. The summed E-state index contributed by atoms with van der Waals surface area (Å²) in [5.74, 6) is 0. The second kappa shape index (κ2) is 1.58. The molecular formula is C7H5N2. The van der Waals surface area contributed by atoms with Gasteiger partial charge in [-0.1, -0.05) is 0 Å². The van der Waals surface area contributed by atoms with E-state index in [-0.39, 0.29) is 0 Å². The van der Waals surface area contributed by atoms with Crippen molar-refractivity contribution in [3.05, 3.63) is 36.8 Å². The van der Waals surface area contributed by atoms with Crippen LogP contribution in [0, 0.1) is 6.20 Å². The topological polar surface area (TPSA) is 17.3 Å². The molecule has 0 fully saturated rings. The third kappa shape index (κ3) is 0.598. The Morgan fingerprint density at radius 3 is 3.44 bits per heavy atom. The van der Waals surface area contributed by atoms with Crippen molar-refractivity contribution in [3.8, 4) is 0 Å². The van der Waals surface area contributed by atoms with E-state index in [1.807, 2.05) is 22.7 Å². The molecule has 1 radical (unpaired) electrons. The summed E-state index contributed by atoms with van der Waals surface area (Å²) in [6.07, 6.45) is 6.64. The van der Waals surface area contributed by atoms with Crippen LogP contribution in [-0.2, 0) is 0 Å². The lowest BCUT2D eigenvalue weighted by Crippen LogP contribution is -1.81. The molecule has 2 aromatic heterocycles. The van der Waals surface area contributed by atoms with E-state index in [2.05, 4.69) is 11.2 Å². The van der Waals surface area contributed by atoms with E-state index in [0.29, 0.717) is 0 Å². The van der Waals surface area contributed by atoms with Crippen molar-refractivity contribution < 1.29 is 0 Å². The minimum atomic E-state index is 0.942. The van der Waals surface area contributed by atoms with Gasteiger partial charge in [0.25, 0.3) is 0 Å². The summed E-state index contributed by atoms with van der Waals surface area (Å²) < 4.78 is 1.85. The molecule has 9 heavy (non-hydrogen) atoms. The number of aromatic nitrogens is 2. The molecule has 0 saturated heterocycles. The van der Waals surface area contributed by atoms with Crippen LogP contribution in [0.2, 0.25) is 0 Å². The summed E-state index contributed by atoms with van der Waals surface area (Å²) in [5, 5.41) is 0. The van der Waals surface area contributed by atoms with Gasteiger partial charge in [-0.05, 0) is 18.2 Å². The van der Waals surface area contributed by atoms with Crippen LogP contribution in [0.15, 0.2) is 30.6 Å². The molecule has 0 aliphatic rings. The van der Waals surface area contributed by atoms with Gasteiger partial charge in [0.15, 0.2) is 0 Å². The fourth-order valence-electron chi connectivity index (χ4n) is 0.814. The van der Waals surface area contributed by atoms with Crippen LogP contribution in [0.4, 0.5) is 0 Å². The van der Waals surface area contributed by atoms with Crippen LogP contribution in [0.1, 0.15) is 0 Å². The second-order valence-electron chi connectivity index (χ2n) is 1.81. The predicted octanol–water partition coefficient (Wildman–Crippen LogP) is 1.13. The maximum absolute atomic E-state index is 4.07. The van der Waals surface area contributed by atoms with Crippen molar-refractivity contribution in [1.29, 1.82) is 0 Å². The van der Waals surface area contributed by atoms with Crippen LogP contribution >= 0.6 is 0 Å². The quantitative estimate of drug-likeness (QED) is 0.505. The Bertz CT molecular complexity index is 281. The highest BCUT2D eigenvalue weighted by atomic mass is 14.9. The van der Waals surface area contributed by atoms with Crippen molar-refractivity contribution in [2.24, 2.45) is 0 Å². The number of nitrogens with zero attached hydrogens (tertiary/aromatic N) is 2. The van der Waals surface area contributed by atoms with Crippen molar-refractivity contribution in [1.82, 2.24) is 9.38 Å². The van der Waals surface area contributed by atoms with E-state index in [0.717, 1.165) is 5.65 Å². The largest absolute Gasteiger partial charge is 0.300 e. The zero-order valence-electron chi connectivity index (χ0n) is 4.78. The highest BCUT2D eigenvalue weighted by molar-refractivity contribution is 5.36. The number of hydrogen-bond acceptors (Lipinski definition) is 1. The fraction of sp³-hybridized carbons (Fsp3) is 0. The molecule has 0 bridgehead atoms. The van der Waals surface area contributed by atoms with Gasteiger partial charge in [-0.2, -0.15) is 0 Å². The molecule has 2 rings (SSSR count). The van der Waals surface area contributed by atoms with Gasteiger partial charge in [-0.25, -0.2) is 4.98 Å². The Morgan fingerprint density at radius 1 is 1.56 bits per heavy atom. The number of rotatable bonds is 0. The molecular weight excluding hydrogens is 112 g/mol. The van der Waals surface area contributed by atoms with E-state index in [1.54, 1.807) is 12.3 Å². The van der Waals surface area contributed by atoms with Crippen molar-refractivity contribution in [2.75, 3.05) is 0 Å².